The molecule has 5 nitrogen and oxygen atoms in total. The van der Waals surface area contributed by atoms with Gasteiger partial charge in [-0.15, -0.1) is 0 Å². The van der Waals surface area contributed by atoms with Crippen molar-refractivity contribution in [3.05, 3.63) is 17.5 Å². The topological polar surface area (TPSA) is 65.1 Å². The summed E-state index contributed by atoms with van der Waals surface area (Å²) in [5, 5.41) is 4.36. The molecule has 0 radical (unpaired) electrons. The van der Waals surface area contributed by atoms with Gasteiger partial charge in [0.1, 0.15) is 0 Å². The third kappa shape index (κ3) is 4.08. The number of nitrogens with two attached hydrogens (primary N) is 1. The average Bonchev–Trinajstić information content (AvgIpc) is 2.64. The molecule has 1 rings (SSSR count). The second-order valence-corrected chi connectivity index (χ2v) is 4.66. The molecule has 1 aromatic heterocycles. The summed E-state index contributed by atoms with van der Waals surface area (Å²) in [6, 6.07) is 2.22. The molecule has 0 saturated heterocycles. The Balaban J connectivity index is 2.72. The Hall–Kier alpha value is -0.910. The molecule has 2 atom stereocenters. The van der Waals surface area contributed by atoms with Crippen LogP contribution in [-0.2, 0) is 18.2 Å². The number of aromatic nitrogens is 2. The van der Waals surface area contributed by atoms with Crippen molar-refractivity contribution in [2.75, 3.05) is 6.61 Å². The molecule has 2 unspecified atom stereocenters. The highest BCUT2D eigenvalue weighted by Crippen LogP contribution is 2.13. The van der Waals surface area contributed by atoms with E-state index < -0.39 is 0 Å². The lowest BCUT2D eigenvalue weighted by Crippen LogP contribution is -2.47. The number of nitrogens with one attached hydrogen (secondary N) is 1. The Morgan fingerprint density at radius 3 is 2.67 bits per heavy atom. The van der Waals surface area contributed by atoms with Gasteiger partial charge in [0.25, 0.3) is 0 Å². The molecule has 0 saturated carbocycles. The van der Waals surface area contributed by atoms with Crippen molar-refractivity contribution in [3.63, 3.8) is 0 Å². The summed E-state index contributed by atoms with van der Waals surface area (Å²) in [5.74, 6) is 5.68. The largest absolute Gasteiger partial charge is 0.377 e. The van der Waals surface area contributed by atoms with Crippen LogP contribution in [0.2, 0.25) is 0 Å². The number of rotatable bonds is 8. The van der Waals surface area contributed by atoms with Crippen LogP contribution in [0.25, 0.3) is 0 Å². The van der Waals surface area contributed by atoms with Gasteiger partial charge in [-0.3, -0.25) is 16.0 Å². The summed E-state index contributed by atoms with van der Waals surface area (Å²) < 4.78 is 7.69. The van der Waals surface area contributed by atoms with E-state index in [4.69, 9.17) is 10.6 Å². The van der Waals surface area contributed by atoms with E-state index in [9.17, 15) is 0 Å². The van der Waals surface area contributed by atoms with Gasteiger partial charge in [0.2, 0.25) is 0 Å². The number of hydrogen-bond acceptors (Lipinski definition) is 4. The first-order valence-electron chi connectivity index (χ1n) is 6.69. The fraction of sp³-hybridized carbons (Fsp3) is 0.769. The van der Waals surface area contributed by atoms with Crippen LogP contribution < -0.4 is 11.3 Å². The van der Waals surface area contributed by atoms with Crippen molar-refractivity contribution in [1.82, 2.24) is 15.2 Å². The van der Waals surface area contributed by atoms with E-state index in [2.05, 4.69) is 23.5 Å². The van der Waals surface area contributed by atoms with Crippen LogP contribution in [0.1, 0.15) is 38.1 Å². The molecule has 0 amide bonds. The highest BCUT2D eigenvalue weighted by molar-refractivity contribution is 5.10. The summed E-state index contributed by atoms with van der Waals surface area (Å²) in [6.07, 6.45) is 3.09. The maximum atomic E-state index is 5.78. The Bertz CT molecular complexity index is 345. The van der Waals surface area contributed by atoms with Crippen molar-refractivity contribution in [2.45, 2.75) is 52.2 Å². The molecule has 3 N–H and O–H groups in total. The highest BCUT2D eigenvalue weighted by Gasteiger charge is 2.21. The van der Waals surface area contributed by atoms with E-state index in [0.717, 1.165) is 25.0 Å². The first-order valence-corrected chi connectivity index (χ1v) is 6.69. The van der Waals surface area contributed by atoms with Crippen molar-refractivity contribution in [2.24, 2.45) is 12.9 Å². The lowest BCUT2D eigenvalue weighted by molar-refractivity contribution is 0.0277. The molecule has 1 aromatic rings. The lowest BCUT2D eigenvalue weighted by atomic mass is 10.0. The molecule has 1 heterocycles. The zero-order chi connectivity index (χ0) is 13.5. The average molecular weight is 254 g/mol. The smallest absolute Gasteiger partial charge is 0.0745 e. The molecule has 0 aliphatic heterocycles. The van der Waals surface area contributed by atoms with Crippen LogP contribution in [0.4, 0.5) is 0 Å². The first kappa shape index (κ1) is 15.1. The van der Waals surface area contributed by atoms with Crippen LogP contribution in [0.5, 0.6) is 0 Å². The number of aryl methyl sites for hydroxylation is 2. The summed E-state index contributed by atoms with van der Waals surface area (Å²) >= 11 is 0. The van der Waals surface area contributed by atoms with Crippen LogP contribution in [0.15, 0.2) is 6.07 Å². The normalized spacial score (nSPS) is 14.7. The van der Waals surface area contributed by atoms with Crippen molar-refractivity contribution in [3.8, 4) is 0 Å². The highest BCUT2D eigenvalue weighted by atomic mass is 16.5. The van der Waals surface area contributed by atoms with Gasteiger partial charge >= 0.3 is 0 Å². The van der Waals surface area contributed by atoms with Crippen LogP contribution in [-0.4, -0.2) is 28.5 Å². The zero-order valence-corrected chi connectivity index (χ0v) is 11.9. The maximum Gasteiger partial charge on any atom is 0.0745 e. The first-order chi connectivity index (χ1) is 8.62. The SMILES string of the molecule is CCCC(OCC)C(Cc1cc(C)nn1C)NN. The van der Waals surface area contributed by atoms with E-state index in [1.54, 1.807) is 0 Å². The van der Waals surface area contributed by atoms with Crippen LogP contribution in [0.3, 0.4) is 0 Å². The molecule has 0 aliphatic rings. The minimum Gasteiger partial charge on any atom is -0.377 e. The van der Waals surface area contributed by atoms with Crippen LogP contribution in [0, 0.1) is 6.92 Å². The van der Waals surface area contributed by atoms with E-state index in [1.807, 2.05) is 25.6 Å². The Kier molecular flexibility index (Phi) is 6.32. The Morgan fingerprint density at radius 2 is 2.22 bits per heavy atom. The molecule has 0 fully saturated rings. The molecule has 104 valence electrons. The summed E-state index contributed by atoms with van der Waals surface area (Å²) in [4.78, 5) is 0. The summed E-state index contributed by atoms with van der Waals surface area (Å²) in [6.45, 7) is 6.89. The number of nitrogens with zero attached hydrogens (tertiary/aromatic N) is 2. The molecule has 0 aliphatic carbocycles. The molecule has 18 heavy (non-hydrogen) atoms. The van der Waals surface area contributed by atoms with Gasteiger partial charge in [-0.2, -0.15) is 5.10 Å². The Morgan fingerprint density at radius 1 is 1.50 bits per heavy atom. The van der Waals surface area contributed by atoms with E-state index >= 15 is 0 Å². The van der Waals surface area contributed by atoms with Gasteiger partial charge in [-0.25, -0.2) is 0 Å². The van der Waals surface area contributed by atoms with Gasteiger partial charge in [-0.1, -0.05) is 13.3 Å². The van der Waals surface area contributed by atoms with E-state index in [0.29, 0.717) is 6.61 Å². The summed E-state index contributed by atoms with van der Waals surface area (Å²) in [7, 11) is 1.96. The van der Waals surface area contributed by atoms with Crippen molar-refractivity contribution < 1.29 is 4.74 Å². The third-order valence-corrected chi connectivity index (χ3v) is 3.14. The number of hydrazine groups is 1. The quantitative estimate of drug-likeness (QED) is 0.542. The van der Waals surface area contributed by atoms with E-state index in [-0.39, 0.29) is 12.1 Å². The second-order valence-electron chi connectivity index (χ2n) is 4.66. The molecule has 0 aromatic carbocycles. The van der Waals surface area contributed by atoms with Crippen molar-refractivity contribution >= 4 is 0 Å². The maximum absolute atomic E-state index is 5.78. The summed E-state index contributed by atoms with van der Waals surface area (Å²) in [5.41, 5.74) is 5.10. The van der Waals surface area contributed by atoms with Crippen LogP contribution >= 0.6 is 0 Å². The number of ether oxygens (including phenoxy) is 1. The lowest BCUT2D eigenvalue weighted by Gasteiger charge is -2.26. The fourth-order valence-corrected chi connectivity index (χ4v) is 2.28. The predicted molar refractivity (Wildman–Crippen MR) is 73.1 cm³/mol. The van der Waals surface area contributed by atoms with Gasteiger partial charge in [0.05, 0.1) is 17.8 Å². The third-order valence-electron chi connectivity index (χ3n) is 3.14. The molecule has 0 bridgehead atoms. The monoisotopic (exact) mass is 254 g/mol. The molecule has 0 spiro atoms. The van der Waals surface area contributed by atoms with Crippen molar-refractivity contribution in [1.29, 1.82) is 0 Å². The minimum absolute atomic E-state index is 0.125. The predicted octanol–water partition coefficient (Wildman–Crippen LogP) is 1.31. The minimum atomic E-state index is 0.125. The van der Waals surface area contributed by atoms with E-state index in [1.165, 1.54) is 5.69 Å². The zero-order valence-electron chi connectivity index (χ0n) is 11.9. The van der Waals surface area contributed by atoms with Gasteiger partial charge < -0.3 is 4.74 Å². The second kappa shape index (κ2) is 7.51. The Labute approximate surface area is 110 Å². The molecular formula is C13H26N4O. The van der Waals surface area contributed by atoms with Gasteiger partial charge in [0, 0.05) is 25.8 Å². The number of hydrogen-bond donors (Lipinski definition) is 2. The fourth-order valence-electron chi connectivity index (χ4n) is 2.28. The molecule has 5 heteroatoms. The van der Waals surface area contributed by atoms with Gasteiger partial charge in [-0.05, 0) is 26.3 Å². The standard InChI is InChI=1S/C13H26N4O/c1-5-7-13(18-6-2)12(15-14)9-11-8-10(3)16-17(11)4/h8,12-13,15H,5-7,9,14H2,1-4H3. The van der Waals surface area contributed by atoms with Gasteiger partial charge in [0.15, 0.2) is 0 Å². The molecular weight excluding hydrogens is 228 g/mol.